The topological polar surface area (TPSA) is 201 Å². The van der Waals surface area contributed by atoms with E-state index in [0.717, 1.165) is 25.7 Å². The minimum atomic E-state index is -3.89. The average molecular weight is 754 g/mol. The van der Waals surface area contributed by atoms with Gasteiger partial charge in [0.05, 0.1) is 24.4 Å². The second kappa shape index (κ2) is 14.5. The first-order chi connectivity index (χ1) is 25.0. The predicted octanol–water partition coefficient (Wildman–Crippen LogP) is 4.02. The van der Waals surface area contributed by atoms with E-state index in [2.05, 4.69) is 37.3 Å². The maximum absolute atomic E-state index is 14.7. The number of Topliss-reactive ketones (excluding diaryl/α,β-unsaturated/α-hetero) is 1. The van der Waals surface area contributed by atoms with Gasteiger partial charge >= 0.3 is 6.09 Å². The zero-order chi connectivity index (χ0) is 38.3. The molecule has 288 valence electrons. The molecule has 0 spiro atoms. The van der Waals surface area contributed by atoms with Crippen LogP contribution in [-0.2, 0) is 29.1 Å². The van der Waals surface area contributed by atoms with Gasteiger partial charge in [-0.1, -0.05) is 26.8 Å². The normalized spacial score (nSPS) is 27.0. The molecule has 0 aliphatic heterocycles. The van der Waals surface area contributed by atoms with Gasteiger partial charge < -0.3 is 20.1 Å². The van der Waals surface area contributed by atoms with Gasteiger partial charge in [0, 0.05) is 17.4 Å². The Kier molecular flexibility index (Phi) is 10.5. The zero-order valence-corrected chi connectivity index (χ0v) is 31.9. The number of rotatable bonds is 14. The highest BCUT2D eigenvalue weighted by atomic mass is 32.2. The molecule has 1 heterocycles. The van der Waals surface area contributed by atoms with Crippen LogP contribution < -0.4 is 20.1 Å². The van der Waals surface area contributed by atoms with Crippen molar-refractivity contribution < 1.29 is 37.1 Å². The molecular formula is C37H51N7O8S. The van der Waals surface area contributed by atoms with Crippen LogP contribution in [0.25, 0.3) is 11.4 Å². The Morgan fingerprint density at radius 2 is 1.74 bits per heavy atom. The number of carbonyl (C=O) groups excluding carboxylic acids is 4. The van der Waals surface area contributed by atoms with E-state index in [-0.39, 0.29) is 31.0 Å². The first kappa shape index (κ1) is 38.4. The number of carbonyl (C=O) groups is 4. The van der Waals surface area contributed by atoms with Crippen molar-refractivity contribution in [2.45, 2.75) is 120 Å². The molecule has 4 saturated carbocycles. The third-order valence-corrected chi connectivity index (χ3v) is 13.1. The van der Waals surface area contributed by atoms with E-state index in [1.54, 1.807) is 37.5 Å². The molecule has 15 nitrogen and oxygen atoms in total. The molecule has 6 rings (SSSR count). The maximum atomic E-state index is 14.7. The summed E-state index contributed by atoms with van der Waals surface area (Å²) in [6.45, 7) is 11.2. The first-order valence-electron chi connectivity index (χ1n) is 18.4. The fourth-order valence-electron chi connectivity index (χ4n) is 7.86. The smallest absolute Gasteiger partial charge is 0.408 e. The minimum absolute atomic E-state index is 0.129. The summed E-state index contributed by atoms with van der Waals surface area (Å²) < 4.78 is 38.8. The molecule has 1 aromatic heterocycles. The SMILES string of the molecule is C=CC[C@@H]1C[C@@]1(NC(=O)[C@@H]1C[C@@H](n2nnc(-c3ccc(OC)cc3)n2)CC1C(=O)C(NC(=O)OC1(C)CCCC1)C(C)(C)C)C(=O)NS(=O)(=O)C1CC1. The summed E-state index contributed by atoms with van der Waals surface area (Å²) in [5.41, 5.74) is -2.17. The van der Waals surface area contributed by atoms with Crippen molar-refractivity contribution in [2.24, 2.45) is 23.2 Å². The van der Waals surface area contributed by atoms with Crippen molar-refractivity contribution >= 4 is 33.7 Å². The van der Waals surface area contributed by atoms with Gasteiger partial charge in [-0.05, 0) is 112 Å². The number of allylic oxidation sites excluding steroid dienone is 1. The summed E-state index contributed by atoms with van der Waals surface area (Å²) in [6.07, 6.45) is 6.10. The predicted molar refractivity (Wildman–Crippen MR) is 194 cm³/mol. The van der Waals surface area contributed by atoms with Crippen LogP contribution in [0.2, 0.25) is 0 Å². The van der Waals surface area contributed by atoms with Crippen LogP contribution in [-0.4, -0.2) is 81.9 Å². The molecule has 53 heavy (non-hydrogen) atoms. The molecule has 2 unspecified atom stereocenters. The third kappa shape index (κ3) is 8.26. The van der Waals surface area contributed by atoms with Crippen LogP contribution in [0.15, 0.2) is 36.9 Å². The molecule has 4 aliphatic carbocycles. The number of amides is 3. The lowest BCUT2D eigenvalue weighted by atomic mass is 9.77. The molecule has 2 aromatic rings. The molecule has 3 N–H and O–H groups in total. The number of hydrogen-bond acceptors (Lipinski definition) is 11. The zero-order valence-electron chi connectivity index (χ0n) is 31.1. The van der Waals surface area contributed by atoms with E-state index >= 15 is 0 Å². The number of ether oxygens (including phenoxy) is 2. The highest BCUT2D eigenvalue weighted by Crippen LogP contribution is 2.49. The third-order valence-electron chi connectivity index (χ3n) is 11.3. The summed E-state index contributed by atoms with van der Waals surface area (Å²) in [5, 5.41) is 18.2. The van der Waals surface area contributed by atoms with E-state index in [9.17, 15) is 27.6 Å². The second-order valence-electron chi connectivity index (χ2n) is 16.5. The van der Waals surface area contributed by atoms with Crippen LogP contribution in [0.5, 0.6) is 5.75 Å². The lowest BCUT2D eigenvalue weighted by Gasteiger charge is -2.34. The highest BCUT2D eigenvalue weighted by molar-refractivity contribution is 7.91. The number of alkyl carbamates (subject to hydrolysis) is 1. The van der Waals surface area contributed by atoms with Gasteiger partial charge in [-0.25, -0.2) is 13.2 Å². The van der Waals surface area contributed by atoms with Crippen molar-refractivity contribution in [3.63, 3.8) is 0 Å². The largest absolute Gasteiger partial charge is 0.497 e. The average Bonchev–Trinajstić information content (AvgIpc) is 3.88. The van der Waals surface area contributed by atoms with Gasteiger partial charge in [-0.2, -0.15) is 4.80 Å². The second-order valence-corrected chi connectivity index (χ2v) is 18.4. The van der Waals surface area contributed by atoms with Gasteiger partial charge in [0.1, 0.15) is 16.9 Å². The van der Waals surface area contributed by atoms with Crippen LogP contribution in [0, 0.1) is 23.2 Å². The lowest BCUT2D eigenvalue weighted by molar-refractivity contribution is -0.137. The molecular weight excluding hydrogens is 703 g/mol. The summed E-state index contributed by atoms with van der Waals surface area (Å²) in [5.74, 6) is -2.97. The van der Waals surface area contributed by atoms with E-state index in [1.165, 1.54) is 4.80 Å². The molecule has 0 radical (unpaired) electrons. The molecule has 1 aromatic carbocycles. The van der Waals surface area contributed by atoms with Gasteiger partial charge in [0.2, 0.25) is 21.8 Å². The Labute approximate surface area is 310 Å². The number of nitrogens with one attached hydrogen (secondary N) is 3. The van der Waals surface area contributed by atoms with Gasteiger partial charge in [-0.3, -0.25) is 19.1 Å². The van der Waals surface area contributed by atoms with E-state index in [1.807, 2.05) is 27.7 Å². The van der Waals surface area contributed by atoms with Crippen molar-refractivity contribution in [1.82, 2.24) is 35.6 Å². The van der Waals surface area contributed by atoms with Crippen LogP contribution in [0.3, 0.4) is 0 Å². The summed E-state index contributed by atoms with van der Waals surface area (Å²) in [7, 11) is -2.32. The summed E-state index contributed by atoms with van der Waals surface area (Å²) in [4.78, 5) is 57.4. The summed E-state index contributed by atoms with van der Waals surface area (Å²) in [6, 6.07) is 5.59. The first-order valence-corrected chi connectivity index (χ1v) is 20.0. The van der Waals surface area contributed by atoms with Crippen molar-refractivity contribution in [3.8, 4) is 17.1 Å². The Balaban J connectivity index is 1.28. The fraction of sp³-hybridized carbons (Fsp3) is 0.649. The number of hydrogen-bond donors (Lipinski definition) is 3. The molecule has 0 saturated heterocycles. The number of nitrogens with zero attached hydrogens (tertiary/aromatic N) is 4. The number of ketones is 1. The Hall–Kier alpha value is -4.34. The number of benzene rings is 1. The molecule has 0 bridgehead atoms. The maximum Gasteiger partial charge on any atom is 0.408 e. The van der Waals surface area contributed by atoms with Crippen LogP contribution in [0.4, 0.5) is 4.79 Å². The quantitative estimate of drug-likeness (QED) is 0.236. The number of aromatic nitrogens is 4. The van der Waals surface area contributed by atoms with Crippen molar-refractivity contribution in [3.05, 3.63) is 36.9 Å². The van der Waals surface area contributed by atoms with Crippen molar-refractivity contribution in [2.75, 3.05) is 7.11 Å². The van der Waals surface area contributed by atoms with Gasteiger partial charge in [0.15, 0.2) is 5.78 Å². The van der Waals surface area contributed by atoms with E-state index in [0.29, 0.717) is 36.4 Å². The Bertz CT molecular complexity index is 1850. The molecule has 4 fully saturated rings. The van der Waals surface area contributed by atoms with Gasteiger partial charge in [-0.15, -0.1) is 16.8 Å². The Morgan fingerprint density at radius 3 is 2.34 bits per heavy atom. The van der Waals surface area contributed by atoms with Crippen LogP contribution in [0.1, 0.15) is 97.9 Å². The molecule has 4 aliphatic rings. The standard InChI is InChI=1S/C37H51N7O8S/c1-7-10-23-21-37(23,33(47)42-53(49,50)26-15-16-26)39-32(46)28-20-24(44-41-31(40-43-44)22-11-13-25(51-6)14-12-22)19-27(28)29(45)30(35(2,3)4)38-34(48)52-36(5)17-8-9-18-36/h7,11-14,23-24,26-28,30H,1,8-10,15-21H2,2-6H3,(H,38,48)(H,39,46)(H,42,47)/t23-,24+,27?,28-,30?,37+/m1/s1. The number of tetrazole rings is 1. The molecule has 6 atom stereocenters. The lowest BCUT2D eigenvalue weighted by Crippen LogP contribution is -2.56. The highest BCUT2D eigenvalue weighted by Gasteiger charge is 2.62. The summed E-state index contributed by atoms with van der Waals surface area (Å²) >= 11 is 0. The monoisotopic (exact) mass is 753 g/mol. The Morgan fingerprint density at radius 1 is 1.08 bits per heavy atom. The molecule has 16 heteroatoms. The van der Waals surface area contributed by atoms with E-state index in [4.69, 9.17) is 9.47 Å². The van der Waals surface area contributed by atoms with Crippen LogP contribution >= 0.6 is 0 Å². The number of sulfonamides is 1. The van der Waals surface area contributed by atoms with E-state index < -0.39 is 73.7 Å². The minimum Gasteiger partial charge on any atom is -0.497 e. The fourth-order valence-corrected chi connectivity index (χ4v) is 9.23. The number of methoxy groups -OCH3 is 1. The molecule has 3 amide bonds. The van der Waals surface area contributed by atoms with Gasteiger partial charge in [0.25, 0.3) is 5.91 Å². The van der Waals surface area contributed by atoms with Crippen molar-refractivity contribution in [1.29, 1.82) is 0 Å².